The molecule has 0 unspecified atom stereocenters. The van der Waals surface area contributed by atoms with Crippen LogP contribution in [0.2, 0.25) is 5.02 Å². The van der Waals surface area contributed by atoms with Crippen molar-refractivity contribution in [3.63, 3.8) is 0 Å². The van der Waals surface area contributed by atoms with E-state index in [2.05, 4.69) is 31.0 Å². The predicted molar refractivity (Wildman–Crippen MR) is 106 cm³/mol. The Kier molecular flexibility index (Phi) is 7.12. The topological polar surface area (TPSA) is 123 Å². The van der Waals surface area contributed by atoms with E-state index in [9.17, 15) is 14.0 Å². The summed E-state index contributed by atoms with van der Waals surface area (Å²) >= 11 is 8.18. The lowest BCUT2D eigenvalue weighted by atomic mass is 10.2. The van der Waals surface area contributed by atoms with Gasteiger partial charge in [-0.1, -0.05) is 47.7 Å². The molecule has 1 aromatic carbocycles. The lowest BCUT2D eigenvalue weighted by Crippen LogP contribution is -2.24. The lowest BCUT2D eigenvalue weighted by Gasteiger charge is -2.05. The number of amides is 2. The molecular weight excluding hydrogens is 443 g/mol. The number of benzene rings is 1. The fraction of sp³-hybridized carbons (Fsp3) is 0.250. The number of anilines is 1. The van der Waals surface area contributed by atoms with Crippen molar-refractivity contribution in [1.82, 2.24) is 25.7 Å². The molecule has 2 amide bonds. The van der Waals surface area contributed by atoms with Gasteiger partial charge in [-0.3, -0.25) is 14.9 Å². The Hall–Kier alpha value is -2.57. The maximum atomic E-state index is 13.7. The SMILES string of the molecule is CCc1nnc(NC(=O)CSc2nnc(CNC(=O)c3c(F)cccc3Cl)o2)s1. The quantitative estimate of drug-likeness (QED) is 0.496. The summed E-state index contributed by atoms with van der Waals surface area (Å²) in [6.07, 6.45) is 0.743. The summed E-state index contributed by atoms with van der Waals surface area (Å²) in [5, 5.41) is 21.8. The van der Waals surface area contributed by atoms with E-state index in [0.717, 1.165) is 29.3 Å². The zero-order valence-corrected chi connectivity index (χ0v) is 17.3. The zero-order valence-electron chi connectivity index (χ0n) is 14.9. The number of aromatic nitrogens is 4. The third-order valence-corrected chi connectivity index (χ3v) is 5.50. The highest BCUT2D eigenvalue weighted by Crippen LogP contribution is 2.20. The molecule has 0 aliphatic heterocycles. The van der Waals surface area contributed by atoms with Gasteiger partial charge in [0.1, 0.15) is 10.8 Å². The molecule has 0 aliphatic rings. The molecular formula is C16H14ClFN6O3S2. The number of carbonyl (C=O) groups is 2. The molecule has 0 radical (unpaired) electrons. The first kappa shape index (κ1) is 21.1. The second-order valence-corrected chi connectivity index (χ2v) is 7.83. The molecule has 2 aromatic heterocycles. The van der Waals surface area contributed by atoms with Crippen LogP contribution in [-0.2, 0) is 17.8 Å². The van der Waals surface area contributed by atoms with E-state index in [1.165, 1.54) is 23.5 Å². The third kappa shape index (κ3) is 5.71. The van der Waals surface area contributed by atoms with Gasteiger partial charge in [0.05, 0.1) is 22.9 Å². The zero-order chi connectivity index (χ0) is 20.8. The number of carbonyl (C=O) groups excluding carboxylic acids is 2. The Labute approximate surface area is 177 Å². The molecule has 0 saturated heterocycles. The number of halogens is 2. The van der Waals surface area contributed by atoms with Gasteiger partial charge >= 0.3 is 0 Å². The van der Waals surface area contributed by atoms with Gasteiger partial charge < -0.3 is 9.73 Å². The van der Waals surface area contributed by atoms with Gasteiger partial charge in [0.25, 0.3) is 11.1 Å². The van der Waals surface area contributed by atoms with Gasteiger partial charge in [0.15, 0.2) is 0 Å². The van der Waals surface area contributed by atoms with Crippen molar-refractivity contribution < 1.29 is 18.4 Å². The Bertz CT molecular complexity index is 1010. The van der Waals surface area contributed by atoms with Crippen LogP contribution < -0.4 is 10.6 Å². The molecule has 2 N–H and O–H groups in total. The van der Waals surface area contributed by atoms with Gasteiger partial charge in [-0.2, -0.15) is 0 Å². The molecule has 152 valence electrons. The van der Waals surface area contributed by atoms with Crippen molar-refractivity contribution in [1.29, 1.82) is 0 Å². The van der Waals surface area contributed by atoms with Gasteiger partial charge in [0.2, 0.25) is 16.9 Å². The van der Waals surface area contributed by atoms with Crippen LogP contribution in [0, 0.1) is 5.82 Å². The van der Waals surface area contributed by atoms with Crippen molar-refractivity contribution in [2.45, 2.75) is 25.1 Å². The van der Waals surface area contributed by atoms with Crippen LogP contribution in [0.25, 0.3) is 0 Å². The summed E-state index contributed by atoms with van der Waals surface area (Å²) in [7, 11) is 0. The minimum absolute atomic E-state index is 0.00299. The van der Waals surface area contributed by atoms with Gasteiger partial charge in [0, 0.05) is 0 Å². The standard InChI is InChI=1S/C16H14ClFN6O3S2/c1-2-12-22-23-15(29-12)20-10(25)7-28-16-24-21-11(27-16)6-19-14(26)13-8(17)4-3-5-9(13)18/h3-5H,2,6-7H2,1H3,(H,19,26)(H,20,23,25). The smallest absolute Gasteiger partial charge is 0.277 e. The summed E-state index contributed by atoms with van der Waals surface area (Å²) in [4.78, 5) is 24.0. The molecule has 13 heteroatoms. The fourth-order valence-corrected chi connectivity index (χ4v) is 3.58. The van der Waals surface area contributed by atoms with Gasteiger partial charge in [-0.15, -0.1) is 20.4 Å². The average Bonchev–Trinajstić information content (AvgIpc) is 3.33. The maximum absolute atomic E-state index is 13.7. The molecule has 0 bridgehead atoms. The van der Waals surface area contributed by atoms with Crippen LogP contribution in [0.3, 0.4) is 0 Å². The number of thioether (sulfide) groups is 1. The number of nitrogens with one attached hydrogen (secondary N) is 2. The highest BCUT2D eigenvalue weighted by atomic mass is 35.5. The highest BCUT2D eigenvalue weighted by Gasteiger charge is 2.17. The Morgan fingerprint density at radius 2 is 2.10 bits per heavy atom. The van der Waals surface area contributed by atoms with Crippen LogP contribution in [0.4, 0.5) is 9.52 Å². The lowest BCUT2D eigenvalue weighted by molar-refractivity contribution is -0.113. The molecule has 0 fully saturated rings. The minimum Gasteiger partial charge on any atom is -0.414 e. The number of aryl methyl sites for hydroxylation is 1. The largest absolute Gasteiger partial charge is 0.414 e. The molecule has 0 spiro atoms. The van der Waals surface area contributed by atoms with E-state index in [-0.39, 0.29) is 39.9 Å². The van der Waals surface area contributed by atoms with Gasteiger partial charge in [-0.05, 0) is 18.6 Å². The Balaban J connectivity index is 1.48. The molecule has 0 atom stereocenters. The second kappa shape index (κ2) is 9.76. The first-order valence-electron chi connectivity index (χ1n) is 8.26. The van der Waals surface area contributed by atoms with Crippen molar-refractivity contribution in [2.75, 3.05) is 11.1 Å². The van der Waals surface area contributed by atoms with E-state index in [4.69, 9.17) is 16.0 Å². The summed E-state index contributed by atoms with van der Waals surface area (Å²) in [5.41, 5.74) is -0.261. The monoisotopic (exact) mass is 456 g/mol. The molecule has 9 nitrogen and oxygen atoms in total. The number of nitrogens with zero attached hydrogens (tertiary/aromatic N) is 4. The average molecular weight is 457 g/mol. The summed E-state index contributed by atoms with van der Waals surface area (Å²) < 4.78 is 19.1. The van der Waals surface area contributed by atoms with Crippen LogP contribution in [-0.4, -0.2) is 38.0 Å². The predicted octanol–water partition coefficient (Wildman–Crippen LogP) is 2.94. The van der Waals surface area contributed by atoms with Crippen LogP contribution in [0.5, 0.6) is 0 Å². The van der Waals surface area contributed by atoms with Crippen molar-refractivity contribution >= 4 is 51.6 Å². The summed E-state index contributed by atoms with van der Waals surface area (Å²) in [5.74, 6) is -1.60. The van der Waals surface area contributed by atoms with Crippen molar-refractivity contribution in [2.24, 2.45) is 0 Å². The molecule has 3 rings (SSSR count). The van der Waals surface area contributed by atoms with Crippen LogP contribution >= 0.6 is 34.7 Å². The molecule has 29 heavy (non-hydrogen) atoms. The van der Waals surface area contributed by atoms with E-state index in [0.29, 0.717) is 5.13 Å². The maximum Gasteiger partial charge on any atom is 0.277 e. The molecule has 3 aromatic rings. The summed E-state index contributed by atoms with van der Waals surface area (Å²) in [6, 6.07) is 3.95. The van der Waals surface area contributed by atoms with Crippen molar-refractivity contribution in [3.05, 3.63) is 45.5 Å². The summed E-state index contributed by atoms with van der Waals surface area (Å²) in [6.45, 7) is 1.83. The van der Waals surface area contributed by atoms with Crippen molar-refractivity contribution in [3.8, 4) is 0 Å². The van der Waals surface area contributed by atoms with Crippen LogP contribution in [0.1, 0.15) is 28.2 Å². The number of hydrogen-bond donors (Lipinski definition) is 2. The minimum atomic E-state index is -0.732. The fourth-order valence-electron chi connectivity index (χ4n) is 2.06. The number of hydrogen-bond acceptors (Lipinski definition) is 9. The first-order chi connectivity index (χ1) is 14.0. The Morgan fingerprint density at radius 1 is 1.28 bits per heavy atom. The number of rotatable bonds is 8. The van der Waals surface area contributed by atoms with E-state index in [1.807, 2.05) is 6.92 Å². The first-order valence-corrected chi connectivity index (χ1v) is 10.4. The Morgan fingerprint density at radius 3 is 2.83 bits per heavy atom. The molecule has 0 saturated carbocycles. The normalized spacial score (nSPS) is 10.7. The van der Waals surface area contributed by atoms with E-state index in [1.54, 1.807) is 0 Å². The van der Waals surface area contributed by atoms with E-state index < -0.39 is 11.7 Å². The third-order valence-electron chi connectivity index (χ3n) is 3.38. The van der Waals surface area contributed by atoms with Crippen LogP contribution in [0.15, 0.2) is 27.8 Å². The molecule has 2 heterocycles. The second-order valence-electron chi connectivity index (χ2n) is 5.43. The molecule has 0 aliphatic carbocycles. The van der Waals surface area contributed by atoms with Gasteiger partial charge in [-0.25, -0.2) is 4.39 Å². The van der Waals surface area contributed by atoms with E-state index >= 15 is 0 Å². The highest BCUT2D eigenvalue weighted by molar-refractivity contribution is 7.99.